The predicted octanol–water partition coefficient (Wildman–Crippen LogP) is 4.70. The van der Waals surface area contributed by atoms with E-state index in [9.17, 15) is 29.3 Å². The van der Waals surface area contributed by atoms with Crippen LogP contribution in [0.15, 0.2) is 72.9 Å². The lowest BCUT2D eigenvalue weighted by Gasteiger charge is -2.28. The summed E-state index contributed by atoms with van der Waals surface area (Å²) in [6.07, 6.45) is 1.92. The summed E-state index contributed by atoms with van der Waals surface area (Å²) in [5.41, 5.74) is 2.14. The highest BCUT2D eigenvalue weighted by Crippen LogP contribution is 2.30. The number of para-hydroxylation sites is 1. The van der Waals surface area contributed by atoms with Gasteiger partial charge in [0.05, 0.1) is 17.0 Å². The summed E-state index contributed by atoms with van der Waals surface area (Å²) in [4.78, 5) is 68.2. The predicted molar refractivity (Wildman–Crippen MR) is 153 cm³/mol. The van der Waals surface area contributed by atoms with Crippen molar-refractivity contribution in [3.63, 3.8) is 0 Å². The van der Waals surface area contributed by atoms with Gasteiger partial charge in [-0.25, -0.2) is 4.90 Å². The monoisotopic (exact) mass is 573 g/mol. The third-order valence-electron chi connectivity index (χ3n) is 6.89. The minimum atomic E-state index is -1.13. The average molecular weight is 574 g/mol. The van der Waals surface area contributed by atoms with E-state index in [1.807, 2.05) is 30.5 Å². The second-order valence-corrected chi connectivity index (χ2v) is 9.95. The maximum Gasteiger partial charge on any atom is 0.288 e. The number of benzene rings is 3. The van der Waals surface area contributed by atoms with E-state index in [4.69, 9.17) is 11.6 Å². The molecule has 4 aromatic rings. The Morgan fingerprint density at radius 3 is 2.56 bits per heavy atom. The first-order valence-electron chi connectivity index (χ1n) is 12.7. The Balaban J connectivity index is 1.47. The number of anilines is 2. The van der Waals surface area contributed by atoms with Crippen LogP contribution >= 0.6 is 11.6 Å². The highest BCUT2D eigenvalue weighted by atomic mass is 35.5. The Hall–Kier alpha value is -5.03. The number of halogens is 1. The molecule has 0 saturated carbocycles. The van der Waals surface area contributed by atoms with Crippen molar-refractivity contribution < 1.29 is 24.1 Å². The zero-order valence-corrected chi connectivity index (χ0v) is 22.6. The van der Waals surface area contributed by atoms with Crippen molar-refractivity contribution in [2.24, 2.45) is 0 Å². The van der Waals surface area contributed by atoms with Crippen LogP contribution in [0.3, 0.4) is 0 Å². The number of nitro benzene ring substituents is 1. The number of imide groups is 1. The van der Waals surface area contributed by atoms with E-state index in [2.05, 4.69) is 10.3 Å². The fourth-order valence-electron chi connectivity index (χ4n) is 4.96. The van der Waals surface area contributed by atoms with Gasteiger partial charge in [0.15, 0.2) is 0 Å². The summed E-state index contributed by atoms with van der Waals surface area (Å²) < 4.78 is 0. The van der Waals surface area contributed by atoms with Crippen LogP contribution in [-0.2, 0) is 20.8 Å². The molecular weight excluding hydrogens is 550 g/mol. The number of rotatable bonds is 8. The van der Waals surface area contributed by atoms with Gasteiger partial charge < -0.3 is 15.2 Å². The minimum Gasteiger partial charge on any atom is -0.361 e. The van der Waals surface area contributed by atoms with E-state index in [1.54, 1.807) is 12.1 Å². The van der Waals surface area contributed by atoms with E-state index in [-0.39, 0.29) is 29.5 Å². The topological polar surface area (TPSA) is 146 Å². The molecule has 3 aromatic carbocycles. The van der Waals surface area contributed by atoms with Gasteiger partial charge in [0.1, 0.15) is 11.1 Å². The molecule has 1 aliphatic heterocycles. The molecule has 41 heavy (non-hydrogen) atoms. The maximum absolute atomic E-state index is 13.8. The van der Waals surface area contributed by atoms with Crippen LogP contribution in [0.5, 0.6) is 0 Å². The van der Waals surface area contributed by atoms with Crippen molar-refractivity contribution in [1.82, 2.24) is 9.88 Å². The SMILES string of the molecule is CC(=O)Nc1ccc(N2C(=O)CC(N(CCc3c[nH]c4ccccc34)C(=O)c3ccc(Cl)c([N+](=O)[O-])c3)C2=O)cc1. The summed E-state index contributed by atoms with van der Waals surface area (Å²) in [7, 11) is 0. The molecule has 208 valence electrons. The Labute approximate surface area is 238 Å². The van der Waals surface area contributed by atoms with Gasteiger partial charge >= 0.3 is 0 Å². The van der Waals surface area contributed by atoms with E-state index in [1.165, 1.54) is 36.1 Å². The first-order valence-corrected chi connectivity index (χ1v) is 13.1. The molecule has 0 bridgehead atoms. The lowest BCUT2D eigenvalue weighted by molar-refractivity contribution is -0.384. The molecule has 11 nitrogen and oxygen atoms in total. The van der Waals surface area contributed by atoms with Gasteiger partial charge in [-0.05, 0) is 54.4 Å². The molecular formula is C29H24ClN5O6. The highest BCUT2D eigenvalue weighted by Gasteiger charge is 2.44. The van der Waals surface area contributed by atoms with Crippen molar-refractivity contribution >= 4 is 63.2 Å². The number of hydrogen-bond donors (Lipinski definition) is 2. The van der Waals surface area contributed by atoms with Crippen molar-refractivity contribution in [3.8, 4) is 0 Å². The van der Waals surface area contributed by atoms with Crippen LogP contribution in [0.25, 0.3) is 10.9 Å². The third kappa shape index (κ3) is 5.52. The molecule has 1 fully saturated rings. The molecule has 5 rings (SSSR count). The molecule has 0 radical (unpaired) electrons. The van der Waals surface area contributed by atoms with Crippen molar-refractivity contribution in [1.29, 1.82) is 0 Å². The zero-order valence-electron chi connectivity index (χ0n) is 21.8. The van der Waals surface area contributed by atoms with Gasteiger partial charge in [-0.2, -0.15) is 0 Å². The second kappa shape index (κ2) is 11.2. The van der Waals surface area contributed by atoms with Crippen LogP contribution in [0.4, 0.5) is 17.1 Å². The molecule has 1 saturated heterocycles. The van der Waals surface area contributed by atoms with Crippen LogP contribution in [0.2, 0.25) is 5.02 Å². The van der Waals surface area contributed by atoms with Crippen molar-refractivity contribution in [3.05, 3.63) is 99.2 Å². The molecule has 4 amide bonds. The normalized spacial score (nSPS) is 14.9. The molecule has 0 aliphatic carbocycles. The fourth-order valence-corrected chi connectivity index (χ4v) is 5.14. The third-order valence-corrected chi connectivity index (χ3v) is 7.21. The standard InChI is InChI=1S/C29H24ClN5O6/c1-17(36)32-20-7-9-21(10-8-20)34-27(37)15-26(29(34)39)33(13-12-19-16-31-24-5-3-2-4-22(19)24)28(38)18-6-11-23(30)25(14-18)35(40)41/h2-11,14,16,26,31H,12-13,15H2,1H3,(H,32,36). The summed E-state index contributed by atoms with van der Waals surface area (Å²) in [6.45, 7) is 1.43. The highest BCUT2D eigenvalue weighted by molar-refractivity contribution is 6.32. The molecule has 12 heteroatoms. The number of nitrogens with zero attached hydrogens (tertiary/aromatic N) is 3. The van der Waals surface area contributed by atoms with Crippen LogP contribution in [0, 0.1) is 10.1 Å². The molecule has 1 atom stereocenters. The lowest BCUT2D eigenvalue weighted by Crippen LogP contribution is -2.46. The number of hydrogen-bond acceptors (Lipinski definition) is 6. The van der Waals surface area contributed by atoms with Crippen LogP contribution in [0.1, 0.15) is 29.3 Å². The Bertz CT molecular complexity index is 1700. The number of amides is 4. The van der Waals surface area contributed by atoms with E-state index in [0.29, 0.717) is 17.8 Å². The molecule has 2 N–H and O–H groups in total. The van der Waals surface area contributed by atoms with Crippen molar-refractivity contribution in [2.45, 2.75) is 25.8 Å². The van der Waals surface area contributed by atoms with Crippen molar-refractivity contribution in [2.75, 3.05) is 16.8 Å². The molecule has 1 aromatic heterocycles. The van der Waals surface area contributed by atoms with Gasteiger partial charge in [-0.15, -0.1) is 0 Å². The Morgan fingerprint density at radius 2 is 1.85 bits per heavy atom. The maximum atomic E-state index is 13.8. The van der Waals surface area contributed by atoms with Gasteiger partial charge in [0.2, 0.25) is 11.8 Å². The summed E-state index contributed by atoms with van der Waals surface area (Å²) >= 11 is 5.96. The van der Waals surface area contributed by atoms with Crippen LogP contribution < -0.4 is 10.2 Å². The number of carbonyl (C=O) groups excluding carboxylic acids is 4. The zero-order chi connectivity index (χ0) is 29.3. The van der Waals surface area contributed by atoms with E-state index >= 15 is 0 Å². The number of aromatic nitrogens is 1. The number of aromatic amines is 1. The van der Waals surface area contributed by atoms with E-state index in [0.717, 1.165) is 27.4 Å². The molecule has 1 unspecified atom stereocenters. The second-order valence-electron chi connectivity index (χ2n) is 9.55. The Kier molecular flexibility index (Phi) is 7.54. The summed E-state index contributed by atoms with van der Waals surface area (Å²) in [5.74, 6) is -2.01. The molecule has 2 heterocycles. The lowest BCUT2D eigenvalue weighted by atomic mass is 10.1. The number of nitro groups is 1. The molecule has 1 aliphatic rings. The quantitative estimate of drug-likeness (QED) is 0.177. The smallest absolute Gasteiger partial charge is 0.288 e. The summed E-state index contributed by atoms with van der Waals surface area (Å²) in [6, 6.07) is 16.4. The number of nitrogens with one attached hydrogen (secondary N) is 2. The number of fused-ring (bicyclic) bond motifs is 1. The van der Waals surface area contributed by atoms with Crippen LogP contribution in [-0.4, -0.2) is 51.0 Å². The largest absolute Gasteiger partial charge is 0.361 e. The van der Waals surface area contributed by atoms with Gasteiger partial charge in [-0.3, -0.25) is 29.3 Å². The minimum absolute atomic E-state index is 0.0293. The Morgan fingerprint density at radius 1 is 1.12 bits per heavy atom. The average Bonchev–Trinajstić information content (AvgIpc) is 3.49. The van der Waals surface area contributed by atoms with Gasteiger partial charge in [0, 0.05) is 47.9 Å². The van der Waals surface area contributed by atoms with Gasteiger partial charge in [-0.1, -0.05) is 29.8 Å². The first kappa shape index (κ1) is 27.5. The van der Waals surface area contributed by atoms with Gasteiger partial charge in [0.25, 0.3) is 17.5 Å². The molecule has 0 spiro atoms. The van der Waals surface area contributed by atoms with E-state index < -0.39 is 34.4 Å². The number of H-pyrrole nitrogens is 1. The first-order chi connectivity index (χ1) is 19.6. The number of carbonyl (C=O) groups is 4. The summed E-state index contributed by atoms with van der Waals surface area (Å²) in [5, 5.41) is 14.9. The fraction of sp³-hybridized carbons (Fsp3) is 0.172.